The smallest absolute Gasteiger partial charge is 0.115 e. The highest BCUT2D eigenvalue weighted by Gasteiger charge is 2.08. The van der Waals surface area contributed by atoms with Gasteiger partial charge in [0, 0.05) is 16.1 Å². The molecule has 4 heteroatoms. The van der Waals surface area contributed by atoms with Crippen molar-refractivity contribution in [3.63, 3.8) is 0 Å². The Balaban J connectivity index is 1.86. The summed E-state index contributed by atoms with van der Waals surface area (Å²) in [6.45, 7) is 2.07. The Morgan fingerprint density at radius 2 is 2.00 bits per heavy atom. The maximum Gasteiger partial charge on any atom is 0.115 e. The summed E-state index contributed by atoms with van der Waals surface area (Å²) in [4.78, 5) is 0. The molecule has 0 aliphatic carbocycles. The highest BCUT2D eigenvalue weighted by Crippen LogP contribution is 2.24. The van der Waals surface area contributed by atoms with Gasteiger partial charge in [-0.25, -0.2) is 0 Å². The molecule has 0 spiro atoms. The van der Waals surface area contributed by atoms with Crippen LogP contribution in [0.5, 0.6) is 5.75 Å². The van der Waals surface area contributed by atoms with Crippen LogP contribution in [0, 0.1) is 6.92 Å². The zero-order valence-electron chi connectivity index (χ0n) is 11.2. The Hall–Kier alpha value is -2.00. The molecule has 0 unspecified atom stereocenters. The van der Waals surface area contributed by atoms with Crippen LogP contribution in [0.15, 0.2) is 36.4 Å². The molecule has 3 nitrogen and oxygen atoms in total. The third kappa shape index (κ3) is 2.49. The van der Waals surface area contributed by atoms with Crippen molar-refractivity contribution < 1.29 is 5.11 Å². The minimum Gasteiger partial charge on any atom is -0.508 e. The van der Waals surface area contributed by atoms with E-state index < -0.39 is 0 Å². The number of benzene rings is 2. The third-order valence-corrected chi connectivity index (χ3v) is 3.83. The quantitative estimate of drug-likeness (QED) is 0.764. The van der Waals surface area contributed by atoms with E-state index in [-0.39, 0.29) is 5.75 Å². The van der Waals surface area contributed by atoms with Crippen LogP contribution in [0.25, 0.3) is 10.9 Å². The fraction of sp³-hybridized carbons (Fsp3) is 0.188. The van der Waals surface area contributed by atoms with Gasteiger partial charge in [0.05, 0.1) is 5.52 Å². The molecule has 0 saturated heterocycles. The van der Waals surface area contributed by atoms with Crippen molar-refractivity contribution in [3.05, 3.63) is 58.2 Å². The average molecular weight is 287 g/mol. The van der Waals surface area contributed by atoms with E-state index in [2.05, 4.69) is 29.3 Å². The molecule has 3 rings (SSSR count). The van der Waals surface area contributed by atoms with Crippen molar-refractivity contribution >= 4 is 22.5 Å². The largest absolute Gasteiger partial charge is 0.508 e. The van der Waals surface area contributed by atoms with Crippen LogP contribution in [0.1, 0.15) is 16.8 Å². The Morgan fingerprint density at radius 1 is 1.15 bits per heavy atom. The standard InChI is InChI=1S/C16H15ClN2O/c1-10-2-6-15-13(8-10)16(19-18-15)7-3-11-9-12(20)4-5-14(11)17/h2,4-6,8-9,20H,3,7H2,1H3,(H,18,19). The first-order valence-electron chi connectivity index (χ1n) is 6.54. The first-order chi connectivity index (χ1) is 9.63. The second-order valence-corrected chi connectivity index (χ2v) is 5.41. The lowest BCUT2D eigenvalue weighted by molar-refractivity contribution is 0.474. The topological polar surface area (TPSA) is 48.9 Å². The van der Waals surface area contributed by atoms with Crippen LogP contribution < -0.4 is 0 Å². The normalized spacial score (nSPS) is 11.1. The monoisotopic (exact) mass is 286 g/mol. The number of phenols is 1. The summed E-state index contributed by atoms with van der Waals surface area (Å²) in [7, 11) is 0. The van der Waals surface area contributed by atoms with Gasteiger partial charge >= 0.3 is 0 Å². The number of nitrogens with one attached hydrogen (secondary N) is 1. The van der Waals surface area contributed by atoms with Gasteiger partial charge < -0.3 is 5.11 Å². The van der Waals surface area contributed by atoms with Gasteiger partial charge in [-0.2, -0.15) is 5.10 Å². The van der Waals surface area contributed by atoms with Gasteiger partial charge in [-0.05, 0) is 55.7 Å². The van der Waals surface area contributed by atoms with Crippen LogP contribution in [-0.2, 0) is 12.8 Å². The molecule has 0 aliphatic heterocycles. The maximum absolute atomic E-state index is 9.52. The molecule has 0 radical (unpaired) electrons. The zero-order chi connectivity index (χ0) is 14.1. The number of aromatic hydroxyl groups is 1. The van der Waals surface area contributed by atoms with E-state index in [4.69, 9.17) is 11.6 Å². The zero-order valence-corrected chi connectivity index (χ0v) is 11.9. The SMILES string of the molecule is Cc1ccc2n[nH]c(CCc3cc(O)ccc3Cl)c2c1. The van der Waals surface area contributed by atoms with E-state index in [0.717, 1.165) is 35.0 Å². The number of aryl methyl sites for hydroxylation is 3. The predicted molar refractivity (Wildman–Crippen MR) is 81.4 cm³/mol. The second-order valence-electron chi connectivity index (χ2n) is 5.00. The summed E-state index contributed by atoms with van der Waals surface area (Å²) < 4.78 is 0. The molecule has 0 atom stereocenters. The molecule has 0 saturated carbocycles. The molecule has 1 heterocycles. The summed E-state index contributed by atoms with van der Waals surface area (Å²) in [6.07, 6.45) is 1.57. The van der Waals surface area contributed by atoms with Gasteiger partial charge in [-0.3, -0.25) is 5.10 Å². The number of nitrogens with zero attached hydrogens (tertiary/aromatic N) is 1. The third-order valence-electron chi connectivity index (χ3n) is 3.46. The number of phenolic OH excluding ortho intramolecular Hbond substituents is 1. The molecule has 0 fully saturated rings. The number of H-pyrrole nitrogens is 1. The molecular formula is C16H15ClN2O. The summed E-state index contributed by atoms with van der Waals surface area (Å²) >= 11 is 6.14. The molecular weight excluding hydrogens is 272 g/mol. The Kier molecular flexibility index (Phi) is 3.36. The Bertz CT molecular complexity index is 764. The number of halogens is 1. The van der Waals surface area contributed by atoms with Crippen molar-refractivity contribution in [2.24, 2.45) is 0 Å². The summed E-state index contributed by atoms with van der Waals surface area (Å²) in [5.74, 6) is 0.245. The lowest BCUT2D eigenvalue weighted by atomic mass is 10.0. The first kappa shape index (κ1) is 13.0. The molecule has 1 aromatic heterocycles. The highest BCUT2D eigenvalue weighted by molar-refractivity contribution is 6.31. The van der Waals surface area contributed by atoms with Gasteiger partial charge in [0.25, 0.3) is 0 Å². The van der Waals surface area contributed by atoms with Crippen LogP contribution in [0.4, 0.5) is 0 Å². The van der Waals surface area contributed by atoms with Crippen LogP contribution in [0.3, 0.4) is 0 Å². The van der Waals surface area contributed by atoms with E-state index in [1.54, 1.807) is 18.2 Å². The molecule has 0 aliphatic rings. The van der Waals surface area contributed by atoms with Crippen molar-refractivity contribution in [3.8, 4) is 5.75 Å². The van der Waals surface area contributed by atoms with Gasteiger partial charge in [-0.15, -0.1) is 0 Å². The van der Waals surface area contributed by atoms with E-state index in [1.807, 2.05) is 6.07 Å². The average Bonchev–Trinajstić information content (AvgIpc) is 2.82. The number of aromatic amines is 1. The van der Waals surface area contributed by atoms with Crippen LogP contribution in [-0.4, -0.2) is 15.3 Å². The van der Waals surface area contributed by atoms with Crippen molar-refractivity contribution in [1.82, 2.24) is 10.2 Å². The molecule has 0 bridgehead atoms. The van der Waals surface area contributed by atoms with E-state index in [9.17, 15) is 5.11 Å². The van der Waals surface area contributed by atoms with Crippen LogP contribution >= 0.6 is 11.6 Å². The van der Waals surface area contributed by atoms with E-state index in [0.29, 0.717) is 5.02 Å². The highest BCUT2D eigenvalue weighted by atomic mass is 35.5. The summed E-state index contributed by atoms with van der Waals surface area (Å²) in [6, 6.07) is 11.2. The van der Waals surface area contributed by atoms with Gasteiger partial charge in [0.1, 0.15) is 5.75 Å². The Labute approximate surface area is 122 Å². The van der Waals surface area contributed by atoms with Gasteiger partial charge in [-0.1, -0.05) is 23.2 Å². The minimum absolute atomic E-state index is 0.245. The van der Waals surface area contributed by atoms with Crippen molar-refractivity contribution in [2.45, 2.75) is 19.8 Å². The fourth-order valence-corrected chi connectivity index (χ4v) is 2.59. The molecule has 102 valence electrons. The molecule has 2 N–H and O–H groups in total. The lowest BCUT2D eigenvalue weighted by Crippen LogP contribution is -1.93. The number of hydrogen-bond acceptors (Lipinski definition) is 2. The van der Waals surface area contributed by atoms with Crippen LogP contribution in [0.2, 0.25) is 5.02 Å². The van der Waals surface area contributed by atoms with Gasteiger partial charge in [0.2, 0.25) is 0 Å². The second kappa shape index (κ2) is 5.17. The Morgan fingerprint density at radius 3 is 2.85 bits per heavy atom. The molecule has 3 aromatic rings. The predicted octanol–water partition coefficient (Wildman–Crippen LogP) is 4.02. The molecule has 2 aromatic carbocycles. The van der Waals surface area contributed by atoms with Crippen molar-refractivity contribution in [1.29, 1.82) is 0 Å². The van der Waals surface area contributed by atoms with Gasteiger partial charge in [0.15, 0.2) is 0 Å². The lowest BCUT2D eigenvalue weighted by Gasteiger charge is -2.04. The number of hydrogen-bond donors (Lipinski definition) is 2. The first-order valence-corrected chi connectivity index (χ1v) is 6.92. The van der Waals surface area contributed by atoms with E-state index in [1.165, 1.54) is 5.56 Å². The summed E-state index contributed by atoms with van der Waals surface area (Å²) in [5.41, 5.74) is 4.24. The number of rotatable bonds is 3. The number of fused-ring (bicyclic) bond motifs is 1. The molecule has 0 amide bonds. The maximum atomic E-state index is 9.52. The fourth-order valence-electron chi connectivity index (χ4n) is 2.38. The number of aromatic nitrogens is 2. The molecule has 20 heavy (non-hydrogen) atoms. The van der Waals surface area contributed by atoms with E-state index >= 15 is 0 Å². The summed E-state index contributed by atoms with van der Waals surface area (Å²) in [5, 5.41) is 18.8. The van der Waals surface area contributed by atoms with Crippen molar-refractivity contribution in [2.75, 3.05) is 0 Å². The minimum atomic E-state index is 0.245.